The molecule has 0 aliphatic rings. The number of nitrogens with zero attached hydrogens (tertiary/aromatic N) is 1. The molecule has 5 nitrogen and oxygen atoms in total. The molecule has 1 N–H and O–H groups in total. The van der Waals surface area contributed by atoms with Gasteiger partial charge in [-0.2, -0.15) is 0 Å². The fraction of sp³-hybridized carbons (Fsp3) is 0.435. The maximum Gasteiger partial charge on any atom is 0.244 e. The van der Waals surface area contributed by atoms with Crippen molar-refractivity contribution in [3.8, 4) is 0 Å². The molecule has 0 radical (unpaired) electrons. The highest BCUT2D eigenvalue weighted by Crippen LogP contribution is 2.28. The van der Waals surface area contributed by atoms with E-state index < -0.39 is 16.1 Å². The third-order valence-corrected chi connectivity index (χ3v) is 6.34. The number of hydrogen-bond acceptors (Lipinski definition) is 3. The fourth-order valence-electron chi connectivity index (χ4n) is 3.43. The molecular formula is C23H32N2O3S. The number of sulfonamides is 1. The Morgan fingerprint density at radius 1 is 1.07 bits per heavy atom. The maximum absolute atomic E-state index is 13.1. The van der Waals surface area contributed by atoms with Crippen LogP contribution in [0.25, 0.3) is 0 Å². The molecule has 0 bridgehead atoms. The highest BCUT2D eigenvalue weighted by molar-refractivity contribution is 7.92. The smallest absolute Gasteiger partial charge is 0.244 e. The van der Waals surface area contributed by atoms with E-state index in [1.165, 1.54) is 9.87 Å². The number of hydrogen-bond donors (Lipinski definition) is 1. The van der Waals surface area contributed by atoms with Crippen LogP contribution in [0.1, 0.15) is 55.5 Å². The van der Waals surface area contributed by atoms with Crippen molar-refractivity contribution in [2.45, 2.75) is 59.5 Å². The number of anilines is 1. The highest BCUT2D eigenvalue weighted by atomic mass is 32.2. The van der Waals surface area contributed by atoms with E-state index in [1.54, 1.807) is 0 Å². The standard InChI is InChI=1S/C23H32N2O3S/c1-7-19-11-13-20(14-12-19)18(5)24-23(26)21(8-2)25(29(6,27)28)22-15-16(3)9-10-17(22)4/h9-15,18,21H,7-8H2,1-6H3,(H,24,26)/t18-,21-/m0/s1. The van der Waals surface area contributed by atoms with Gasteiger partial charge in [0.2, 0.25) is 15.9 Å². The summed E-state index contributed by atoms with van der Waals surface area (Å²) in [6, 6.07) is 12.7. The molecule has 2 atom stereocenters. The number of benzene rings is 2. The van der Waals surface area contributed by atoms with Crippen LogP contribution in [0.2, 0.25) is 0 Å². The number of amides is 1. The van der Waals surface area contributed by atoms with Crippen LogP contribution in [0.3, 0.4) is 0 Å². The average Bonchev–Trinajstić information content (AvgIpc) is 2.67. The molecule has 29 heavy (non-hydrogen) atoms. The quantitative estimate of drug-likeness (QED) is 0.698. The first-order chi connectivity index (χ1) is 13.6. The Hall–Kier alpha value is -2.34. The summed E-state index contributed by atoms with van der Waals surface area (Å²) < 4.78 is 26.6. The third kappa shape index (κ3) is 5.60. The van der Waals surface area contributed by atoms with Gasteiger partial charge in [0, 0.05) is 0 Å². The first-order valence-electron chi connectivity index (χ1n) is 10.0. The first-order valence-corrected chi connectivity index (χ1v) is 11.9. The lowest BCUT2D eigenvalue weighted by Crippen LogP contribution is -2.50. The molecule has 0 saturated heterocycles. The van der Waals surface area contributed by atoms with Crippen LogP contribution in [-0.4, -0.2) is 26.6 Å². The summed E-state index contributed by atoms with van der Waals surface area (Å²) in [6.45, 7) is 9.60. The summed E-state index contributed by atoms with van der Waals surface area (Å²) >= 11 is 0. The first kappa shape index (κ1) is 22.9. The largest absolute Gasteiger partial charge is 0.348 e. The lowest BCUT2D eigenvalue weighted by atomic mass is 10.0. The molecule has 2 aromatic carbocycles. The summed E-state index contributed by atoms with van der Waals surface area (Å²) in [5, 5.41) is 3.00. The van der Waals surface area contributed by atoms with Crippen LogP contribution in [0, 0.1) is 13.8 Å². The molecule has 2 rings (SSSR count). The number of carbonyl (C=O) groups excluding carboxylic acids is 1. The average molecular weight is 417 g/mol. The van der Waals surface area contributed by atoms with Crippen LogP contribution < -0.4 is 9.62 Å². The van der Waals surface area contributed by atoms with E-state index in [9.17, 15) is 13.2 Å². The summed E-state index contributed by atoms with van der Waals surface area (Å²) in [5.41, 5.74) is 4.53. The van der Waals surface area contributed by atoms with Crippen molar-refractivity contribution in [1.82, 2.24) is 5.32 Å². The van der Waals surface area contributed by atoms with Crippen LogP contribution in [-0.2, 0) is 21.2 Å². The Morgan fingerprint density at radius 2 is 1.69 bits per heavy atom. The minimum Gasteiger partial charge on any atom is -0.348 e. The molecule has 1 amide bonds. The topological polar surface area (TPSA) is 66.5 Å². The van der Waals surface area contributed by atoms with E-state index in [4.69, 9.17) is 0 Å². The zero-order valence-corrected chi connectivity index (χ0v) is 19.0. The van der Waals surface area contributed by atoms with E-state index in [-0.39, 0.29) is 11.9 Å². The Bertz CT molecular complexity index is 953. The second-order valence-electron chi connectivity index (χ2n) is 7.60. The van der Waals surface area contributed by atoms with Crippen molar-refractivity contribution >= 4 is 21.6 Å². The summed E-state index contributed by atoms with van der Waals surface area (Å²) in [6.07, 6.45) is 2.48. The second kappa shape index (κ2) is 9.44. The molecule has 0 aliphatic heterocycles. The maximum atomic E-state index is 13.1. The van der Waals surface area contributed by atoms with Crippen molar-refractivity contribution in [3.63, 3.8) is 0 Å². The Kier molecular flexibility index (Phi) is 7.47. The van der Waals surface area contributed by atoms with Gasteiger partial charge < -0.3 is 5.32 Å². The number of carbonyl (C=O) groups is 1. The molecule has 0 saturated carbocycles. The van der Waals surface area contributed by atoms with Crippen LogP contribution in [0.15, 0.2) is 42.5 Å². The van der Waals surface area contributed by atoms with Gasteiger partial charge in [0.05, 0.1) is 18.0 Å². The lowest BCUT2D eigenvalue weighted by Gasteiger charge is -2.32. The van der Waals surface area contributed by atoms with Gasteiger partial charge in [0.15, 0.2) is 0 Å². The van der Waals surface area contributed by atoms with Crippen molar-refractivity contribution < 1.29 is 13.2 Å². The van der Waals surface area contributed by atoms with Crippen molar-refractivity contribution in [3.05, 3.63) is 64.7 Å². The van der Waals surface area contributed by atoms with E-state index in [1.807, 2.05) is 70.2 Å². The summed E-state index contributed by atoms with van der Waals surface area (Å²) in [7, 11) is -3.65. The predicted octanol–water partition coefficient (Wildman–Crippen LogP) is 4.29. The van der Waals surface area contributed by atoms with Crippen LogP contribution >= 0.6 is 0 Å². The minimum atomic E-state index is -3.65. The molecule has 0 aliphatic carbocycles. The highest BCUT2D eigenvalue weighted by Gasteiger charge is 2.33. The van der Waals surface area contributed by atoms with Crippen LogP contribution in [0.5, 0.6) is 0 Å². The van der Waals surface area contributed by atoms with Gasteiger partial charge in [-0.1, -0.05) is 50.2 Å². The van der Waals surface area contributed by atoms with Gasteiger partial charge in [0.25, 0.3) is 0 Å². The zero-order chi connectivity index (χ0) is 21.8. The van der Waals surface area contributed by atoms with E-state index in [2.05, 4.69) is 12.2 Å². The van der Waals surface area contributed by atoms with Gasteiger partial charge in [0.1, 0.15) is 6.04 Å². The lowest BCUT2D eigenvalue weighted by molar-refractivity contribution is -0.122. The normalized spacial score (nSPS) is 13.6. The van der Waals surface area contributed by atoms with E-state index in [0.717, 1.165) is 29.4 Å². The second-order valence-corrected chi connectivity index (χ2v) is 9.46. The molecule has 0 fully saturated rings. The van der Waals surface area contributed by atoms with Gasteiger partial charge in [-0.3, -0.25) is 9.10 Å². The molecular weight excluding hydrogens is 384 g/mol. The Morgan fingerprint density at radius 3 is 2.21 bits per heavy atom. The fourth-order valence-corrected chi connectivity index (χ4v) is 4.69. The molecule has 0 heterocycles. The number of nitrogens with one attached hydrogen (secondary N) is 1. The number of aryl methyl sites for hydroxylation is 3. The predicted molar refractivity (Wildman–Crippen MR) is 120 cm³/mol. The SMILES string of the molecule is CCc1ccc([C@H](C)NC(=O)[C@H](CC)N(c2cc(C)ccc2C)S(C)(=O)=O)cc1. The molecule has 158 valence electrons. The molecule has 0 spiro atoms. The van der Waals surface area contributed by atoms with Gasteiger partial charge in [-0.05, 0) is 61.9 Å². The van der Waals surface area contributed by atoms with E-state index in [0.29, 0.717) is 12.1 Å². The molecule has 0 aromatic heterocycles. The van der Waals surface area contributed by atoms with Crippen molar-refractivity contribution in [2.75, 3.05) is 10.6 Å². The van der Waals surface area contributed by atoms with Crippen molar-refractivity contribution in [1.29, 1.82) is 0 Å². The molecule has 2 aromatic rings. The number of rotatable bonds is 8. The summed E-state index contributed by atoms with van der Waals surface area (Å²) in [4.78, 5) is 13.1. The van der Waals surface area contributed by atoms with E-state index >= 15 is 0 Å². The molecule has 6 heteroatoms. The monoisotopic (exact) mass is 416 g/mol. The Labute approximate surface area is 175 Å². The zero-order valence-electron chi connectivity index (χ0n) is 18.2. The minimum absolute atomic E-state index is 0.220. The Balaban J connectivity index is 2.34. The molecule has 0 unspecified atom stereocenters. The summed E-state index contributed by atoms with van der Waals surface area (Å²) in [5.74, 6) is -0.300. The third-order valence-electron chi connectivity index (χ3n) is 5.18. The van der Waals surface area contributed by atoms with Crippen molar-refractivity contribution in [2.24, 2.45) is 0 Å². The van der Waals surface area contributed by atoms with Gasteiger partial charge >= 0.3 is 0 Å². The van der Waals surface area contributed by atoms with Crippen LogP contribution in [0.4, 0.5) is 5.69 Å². The van der Waals surface area contributed by atoms with Gasteiger partial charge in [-0.15, -0.1) is 0 Å². The van der Waals surface area contributed by atoms with Gasteiger partial charge in [-0.25, -0.2) is 8.42 Å².